The van der Waals surface area contributed by atoms with Crippen molar-refractivity contribution in [2.75, 3.05) is 0 Å². The summed E-state index contributed by atoms with van der Waals surface area (Å²) in [5, 5.41) is 3.15. The van der Waals surface area contributed by atoms with Crippen LogP contribution in [0.25, 0.3) is 0 Å². The van der Waals surface area contributed by atoms with Crippen LogP contribution in [0.15, 0.2) is 24.3 Å². The Morgan fingerprint density at radius 2 is 1.89 bits per heavy atom. The first-order chi connectivity index (χ1) is 9.10. The van der Waals surface area contributed by atoms with Gasteiger partial charge in [0.05, 0.1) is 0 Å². The Morgan fingerprint density at radius 1 is 1.21 bits per heavy atom. The van der Waals surface area contributed by atoms with E-state index in [0.29, 0.717) is 18.5 Å². The molecule has 1 aliphatic carbocycles. The predicted octanol–water partition coefficient (Wildman–Crippen LogP) is 2.70. The van der Waals surface area contributed by atoms with Crippen molar-refractivity contribution in [3.8, 4) is 0 Å². The summed E-state index contributed by atoms with van der Waals surface area (Å²) >= 11 is 0. The molecule has 0 radical (unpaired) electrons. The third kappa shape index (κ3) is 3.57. The second kappa shape index (κ2) is 6.20. The van der Waals surface area contributed by atoms with Gasteiger partial charge in [0, 0.05) is 18.2 Å². The van der Waals surface area contributed by atoms with Gasteiger partial charge in [-0.05, 0) is 48.8 Å². The molecule has 0 heterocycles. The molecule has 0 aliphatic heterocycles. The van der Waals surface area contributed by atoms with Crippen molar-refractivity contribution in [1.82, 2.24) is 5.32 Å². The van der Waals surface area contributed by atoms with E-state index in [-0.39, 0.29) is 5.91 Å². The van der Waals surface area contributed by atoms with Crippen molar-refractivity contribution < 1.29 is 4.79 Å². The van der Waals surface area contributed by atoms with Gasteiger partial charge in [-0.3, -0.25) is 4.79 Å². The largest absolute Gasteiger partial charge is 0.349 e. The molecule has 1 aromatic rings. The maximum Gasteiger partial charge on any atom is 0.251 e. The third-order valence-electron chi connectivity index (χ3n) is 4.39. The third-order valence-corrected chi connectivity index (χ3v) is 4.39. The quantitative estimate of drug-likeness (QED) is 0.878. The van der Waals surface area contributed by atoms with Crippen LogP contribution in [0.2, 0.25) is 0 Å². The first-order valence-corrected chi connectivity index (χ1v) is 7.20. The van der Waals surface area contributed by atoms with Crippen molar-refractivity contribution in [2.24, 2.45) is 17.6 Å². The van der Waals surface area contributed by atoms with E-state index in [1.54, 1.807) is 0 Å². The molecule has 1 saturated carbocycles. The first-order valence-electron chi connectivity index (χ1n) is 7.20. The fourth-order valence-electron chi connectivity index (χ4n) is 2.74. The molecule has 19 heavy (non-hydrogen) atoms. The maximum atomic E-state index is 12.2. The number of hydrogen-bond donors (Lipinski definition) is 2. The van der Waals surface area contributed by atoms with E-state index in [1.165, 1.54) is 6.42 Å². The van der Waals surface area contributed by atoms with E-state index in [9.17, 15) is 4.79 Å². The van der Waals surface area contributed by atoms with Gasteiger partial charge >= 0.3 is 0 Å². The van der Waals surface area contributed by atoms with Crippen molar-refractivity contribution >= 4 is 5.91 Å². The van der Waals surface area contributed by atoms with Gasteiger partial charge in [-0.15, -0.1) is 0 Å². The smallest absolute Gasteiger partial charge is 0.251 e. The van der Waals surface area contributed by atoms with Crippen LogP contribution in [0, 0.1) is 11.8 Å². The summed E-state index contributed by atoms with van der Waals surface area (Å²) < 4.78 is 0. The Hall–Kier alpha value is -1.35. The molecule has 0 spiro atoms. The number of rotatable bonds is 3. The topological polar surface area (TPSA) is 55.1 Å². The van der Waals surface area contributed by atoms with E-state index >= 15 is 0 Å². The second-order valence-corrected chi connectivity index (χ2v) is 5.84. The zero-order valence-corrected chi connectivity index (χ0v) is 11.9. The van der Waals surface area contributed by atoms with Crippen LogP contribution in [0.1, 0.15) is 49.0 Å². The molecule has 3 N–H and O–H groups in total. The molecule has 1 aliphatic rings. The van der Waals surface area contributed by atoms with Gasteiger partial charge < -0.3 is 11.1 Å². The van der Waals surface area contributed by atoms with Gasteiger partial charge in [-0.25, -0.2) is 0 Å². The molecule has 0 saturated heterocycles. The molecular weight excluding hydrogens is 236 g/mol. The number of amides is 1. The number of nitrogens with two attached hydrogens (primary N) is 1. The standard InChI is InChI=1S/C16H24N2O/c1-11-3-8-15(9-12(11)2)18-16(19)14-6-4-13(10-17)5-7-14/h4-7,11-12,15H,3,8-10,17H2,1-2H3,(H,18,19). The fourth-order valence-corrected chi connectivity index (χ4v) is 2.74. The Bertz CT molecular complexity index is 427. The number of carbonyl (C=O) groups is 1. The lowest BCUT2D eigenvalue weighted by atomic mass is 9.79. The van der Waals surface area contributed by atoms with E-state index in [4.69, 9.17) is 5.73 Å². The number of nitrogens with one attached hydrogen (secondary N) is 1. The summed E-state index contributed by atoms with van der Waals surface area (Å²) in [5.41, 5.74) is 7.33. The van der Waals surface area contributed by atoms with Crippen LogP contribution in [0.5, 0.6) is 0 Å². The molecule has 2 rings (SSSR count). The maximum absolute atomic E-state index is 12.2. The van der Waals surface area contributed by atoms with Crippen LogP contribution in [0.3, 0.4) is 0 Å². The Balaban J connectivity index is 1.93. The Kier molecular flexibility index (Phi) is 4.59. The minimum atomic E-state index is 0.0373. The first kappa shape index (κ1) is 14.1. The van der Waals surface area contributed by atoms with Crippen molar-refractivity contribution in [3.63, 3.8) is 0 Å². The fraction of sp³-hybridized carbons (Fsp3) is 0.562. The molecule has 3 nitrogen and oxygen atoms in total. The highest BCUT2D eigenvalue weighted by Crippen LogP contribution is 2.29. The Morgan fingerprint density at radius 3 is 2.47 bits per heavy atom. The lowest BCUT2D eigenvalue weighted by Gasteiger charge is -2.32. The van der Waals surface area contributed by atoms with Gasteiger partial charge in [-0.1, -0.05) is 26.0 Å². The van der Waals surface area contributed by atoms with Crippen molar-refractivity contribution in [1.29, 1.82) is 0 Å². The molecule has 0 aromatic heterocycles. The van der Waals surface area contributed by atoms with Crippen LogP contribution in [0.4, 0.5) is 0 Å². The lowest BCUT2D eigenvalue weighted by Crippen LogP contribution is -2.39. The highest BCUT2D eigenvalue weighted by atomic mass is 16.1. The summed E-state index contributed by atoms with van der Waals surface area (Å²) in [6, 6.07) is 7.87. The second-order valence-electron chi connectivity index (χ2n) is 5.84. The number of carbonyl (C=O) groups excluding carboxylic acids is 1. The van der Waals surface area contributed by atoms with Crippen LogP contribution in [-0.4, -0.2) is 11.9 Å². The molecule has 104 valence electrons. The number of benzene rings is 1. The molecule has 1 aromatic carbocycles. The average Bonchev–Trinajstić information content (AvgIpc) is 2.43. The highest BCUT2D eigenvalue weighted by molar-refractivity contribution is 5.94. The van der Waals surface area contributed by atoms with Gasteiger partial charge in [0.25, 0.3) is 5.91 Å². The predicted molar refractivity (Wildman–Crippen MR) is 77.8 cm³/mol. The summed E-state index contributed by atoms with van der Waals surface area (Å²) in [6.07, 6.45) is 3.39. The van der Waals surface area contributed by atoms with Crippen LogP contribution >= 0.6 is 0 Å². The minimum absolute atomic E-state index is 0.0373. The molecule has 1 fully saturated rings. The van der Waals surface area contributed by atoms with E-state index < -0.39 is 0 Å². The summed E-state index contributed by atoms with van der Waals surface area (Å²) in [6.45, 7) is 5.09. The number of hydrogen-bond acceptors (Lipinski definition) is 2. The summed E-state index contributed by atoms with van der Waals surface area (Å²) in [4.78, 5) is 12.2. The zero-order chi connectivity index (χ0) is 13.8. The zero-order valence-electron chi connectivity index (χ0n) is 11.9. The minimum Gasteiger partial charge on any atom is -0.349 e. The van der Waals surface area contributed by atoms with Crippen LogP contribution in [-0.2, 0) is 6.54 Å². The van der Waals surface area contributed by atoms with Gasteiger partial charge in [0.2, 0.25) is 0 Å². The van der Waals surface area contributed by atoms with Crippen molar-refractivity contribution in [3.05, 3.63) is 35.4 Å². The van der Waals surface area contributed by atoms with Gasteiger partial charge in [0.1, 0.15) is 0 Å². The molecule has 0 bridgehead atoms. The SMILES string of the molecule is CC1CCC(NC(=O)c2ccc(CN)cc2)CC1C. The average molecular weight is 260 g/mol. The monoisotopic (exact) mass is 260 g/mol. The molecule has 3 atom stereocenters. The van der Waals surface area contributed by atoms with E-state index in [2.05, 4.69) is 19.2 Å². The van der Waals surface area contributed by atoms with E-state index in [0.717, 1.165) is 29.9 Å². The molecule has 3 heteroatoms. The highest BCUT2D eigenvalue weighted by Gasteiger charge is 2.25. The van der Waals surface area contributed by atoms with E-state index in [1.807, 2.05) is 24.3 Å². The molecular formula is C16H24N2O. The molecule has 1 amide bonds. The van der Waals surface area contributed by atoms with Gasteiger partial charge in [0.15, 0.2) is 0 Å². The summed E-state index contributed by atoms with van der Waals surface area (Å²) in [7, 11) is 0. The summed E-state index contributed by atoms with van der Waals surface area (Å²) in [5.74, 6) is 1.51. The Labute approximate surface area is 115 Å². The lowest BCUT2D eigenvalue weighted by molar-refractivity contribution is 0.0910. The van der Waals surface area contributed by atoms with Gasteiger partial charge in [-0.2, -0.15) is 0 Å². The normalized spacial score (nSPS) is 27.0. The molecule has 3 unspecified atom stereocenters. The van der Waals surface area contributed by atoms with Crippen LogP contribution < -0.4 is 11.1 Å². The van der Waals surface area contributed by atoms with Crippen molar-refractivity contribution in [2.45, 2.75) is 45.7 Å².